The van der Waals surface area contributed by atoms with Crippen LogP contribution in [0.3, 0.4) is 0 Å². The molecule has 0 spiro atoms. The summed E-state index contributed by atoms with van der Waals surface area (Å²) in [6.45, 7) is 6.73. The van der Waals surface area contributed by atoms with Crippen LogP contribution in [0.25, 0.3) is 0 Å². The van der Waals surface area contributed by atoms with E-state index in [-0.39, 0.29) is 6.04 Å². The number of rotatable bonds is 3. The van der Waals surface area contributed by atoms with Gasteiger partial charge in [0.15, 0.2) is 0 Å². The lowest BCUT2D eigenvalue weighted by Gasteiger charge is -2.19. The topological polar surface area (TPSA) is 29.3 Å². The summed E-state index contributed by atoms with van der Waals surface area (Å²) in [5.74, 6) is 0.883. The first-order valence-corrected chi connectivity index (χ1v) is 6.31. The Labute approximate surface area is 98.4 Å². The van der Waals surface area contributed by atoms with Gasteiger partial charge in [0.05, 0.1) is 0 Å². The van der Waals surface area contributed by atoms with E-state index in [9.17, 15) is 0 Å². The molecular weight excluding hydrogens is 196 g/mol. The van der Waals surface area contributed by atoms with Gasteiger partial charge >= 0.3 is 0 Å². The lowest BCUT2D eigenvalue weighted by atomic mass is 10.1. The van der Waals surface area contributed by atoms with Gasteiger partial charge in [0, 0.05) is 24.8 Å². The molecule has 0 radical (unpaired) electrons. The molecule has 1 fully saturated rings. The predicted molar refractivity (Wildman–Crippen MR) is 69.7 cm³/mol. The van der Waals surface area contributed by atoms with Gasteiger partial charge in [0.2, 0.25) is 0 Å². The molecule has 1 aliphatic rings. The molecule has 0 saturated carbocycles. The highest BCUT2D eigenvalue weighted by Gasteiger charge is 2.20. The van der Waals surface area contributed by atoms with Gasteiger partial charge in [0.1, 0.15) is 0 Å². The standard InChI is InChI=1S/C14H22N2/c1-3-12-8-9-16(10-12)14-6-4-13(5-7-14)11(2)15/h4-7,11-12H,3,8-10,15H2,1-2H3/t11-,12?/m1/s1. The van der Waals surface area contributed by atoms with Crippen molar-refractivity contribution in [3.05, 3.63) is 29.8 Å². The van der Waals surface area contributed by atoms with Crippen LogP contribution in [0.15, 0.2) is 24.3 Å². The first-order valence-electron chi connectivity index (χ1n) is 6.31. The summed E-state index contributed by atoms with van der Waals surface area (Å²) in [5.41, 5.74) is 8.41. The fourth-order valence-electron chi connectivity index (χ4n) is 2.39. The lowest BCUT2D eigenvalue weighted by Crippen LogP contribution is -2.19. The zero-order valence-electron chi connectivity index (χ0n) is 10.3. The SMILES string of the molecule is CCC1CCN(c2ccc([C@@H](C)N)cc2)C1. The summed E-state index contributed by atoms with van der Waals surface area (Å²) >= 11 is 0. The molecule has 2 atom stereocenters. The maximum atomic E-state index is 5.85. The van der Waals surface area contributed by atoms with Crippen LogP contribution in [0.4, 0.5) is 5.69 Å². The molecular formula is C14H22N2. The molecule has 2 heteroatoms. The van der Waals surface area contributed by atoms with E-state index in [4.69, 9.17) is 5.73 Å². The number of hydrogen-bond acceptors (Lipinski definition) is 2. The number of benzene rings is 1. The van der Waals surface area contributed by atoms with E-state index < -0.39 is 0 Å². The van der Waals surface area contributed by atoms with Crippen LogP contribution >= 0.6 is 0 Å². The smallest absolute Gasteiger partial charge is 0.0366 e. The maximum Gasteiger partial charge on any atom is 0.0366 e. The van der Waals surface area contributed by atoms with Gasteiger partial charge in [-0.2, -0.15) is 0 Å². The second kappa shape index (κ2) is 4.88. The second-order valence-electron chi connectivity index (χ2n) is 4.89. The minimum atomic E-state index is 0.135. The Morgan fingerprint density at radius 1 is 1.38 bits per heavy atom. The number of nitrogens with two attached hydrogens (primary N) is 1. The van der Waals surface area contributed by atoms with E-state index in [1.165, 1.54) is 37.2 Å². The first-order chi connectivity index (χ1) is 7.70. The van der Waals surface area contributed by atoms with Crippen molar-refractivity contribution in [3.63, 3.8) is 0 Å². The lowest BCUT2D eigenvalue weighted by molar-refractivity contribution is 0.569. The monoisotopic (exact) mass is 218 g/mol. The van der Waals surface area contributed by atoms with E-state index in [0.29, 0.717) is 0 Å². The van der Waals surface area contributed by atoms with Gasteiger partial charge in [-0.05, 0) is 37.0 Å². The Hall–Kier alpha value is -1.02. The van der Waals surface area contributed by atoms with Gasteiger partial charge in [-0.25, -0.2) is 0 Å². The Morgan fingerprint density at radius 2 is 2.06 bits per heavy atom. The summed E-state index contributed by atoms with van der Waals surface area (Å²) < 4.78 is 0. The molecule has 2 nitrogen and oxygen atoms in total. The largest absolute Gasteiger partial charge is 0.371 e. The Kier molecular flexibility index (Phi) is 3.49. The van der Waals surface area contributed by atoms with Crippen molar-refractivity contribution in [2.75, 3.05) is 18.0 Å². The quantitative estimate of drug-likeness (QED) is 0.845. The minimum Gasteiger partial charge on any atom is -0.371 e. The van der Waals surface area contributed by atoms with E-state index in [0.717, 1.165) is 5.92 Å². The molecule has 1 unspecified atom stereocenters. The second-order valence-corrected chi connectivity index (χ2v) is 4.89. The number of anilines is 1. The van der Waals surface area contributed by atoms with Gasteiger partial charge in [0.25, 0.3) is 0 Å². The highest BCUT2D eigenvalue weighted by Crippen LogP contribution is 2.26. The Bertz CT molecular complexity index is 329. The van der Waals surface area contributed by atoms with Crippen LogP contribution in [-0.4, -0.2) is 13.1 Å². The molecule has 1 heterocycles. The van der Waals surface area contributed by atoms with Crippen LogP contribution in [-0.2, 0) is 0 Å². The van der Waals surface area contributed by atoms with Gasteiger partial charge < -0.3 is 10.6 Å². The summed E-state index contributed by atoms with van der Waals surface area (Å²) in [7, 11) is 0. The number of nitrogens with zero attached hydrogens (tertiary/aromatic N) is 1. The van der Waals surface area contributed by atoms with Crippen molar-refractivity contribution in [3.8, 4) is 0 Å². The molecule has 1 saturated heterocycles. The Balaban J connectivity index is 2.05. The van der Waals surface area contributed by atoms with E-state index in [1.54, 1.807) is 0 Å². The first kappa shape index (κ1) is 11.5. The minimum absolute atomic E-state index is 0.135. The van der Waals surface area contributed by atoms with E-state index in [1.807, 2.05) is 6.92 Å². The molecule has 16 heavy (non-hydrogen) atoms. The summed E-state index contributed by atoms with van der Waals surface area (Å²) in [6.07, 6.45) is 2.64. The molecule has 0 bridgehead atoms. The normalized spacial score (nSPS) is 22.4. The van der Waals surface area contributed by atoms with Crippen molar-refractivity contribution >= 4 is 5.69 Å². The van der Waals surface area contributed by atoms with E-state index in [2.05, 4.69) is 36.1 Å². The van der Waals surface area contributed by atoms with Crippen molar-refractivity contribution in [2.24, 2.45) is 11.7 Å². The fourth-order valence-corrected chi connectivity index (χ4v) is 2.39. The highest BCUT2D eigenvalue weighted by molar-refractivity contribution is 5.48. The summed E-state index contributed by atoms with van der Waals surface area (Å²) in [5, 5.41) is 0. The van der Waals surface area contributed by atoms with Crippen LogP contribution in [0, 0.1) is 5.92 Å². The molecule has 1 aromatic rings. The summed E-state index contributed by atoms with van der Waals surface area (Å²) in [6, 6.07) is 8.85. The van der Waals surface area contributed by atoms with Crippen LogP contribution in [0.2, 0.25) is 0 Å². The van der Waals surface area contributed by atoms with Gasteiger partial charge in [-0.15, -0.1) is 0 Å². The molecule has 0 aliphatic carbocycles. The third-order valence-corrected chi connectivity index (χ3v) is 3.65. The van der Waals surface area contributed by atoms with Crippen LogP contribution < -0.4 is 10.6 Å². The highest BCUT2D eigenvalue weighted by atomic mass is 15.1. The molecule has 2 rings (SSSR count). The molecule has 1 aromatic carbocycles. The summed E-state index contributed by atoms with van der Waals surface area (Å²) in [4.78, 5) is 2.49. The fraction of sp³-hybridized carbons (Fsp3) is 0.571. The third kappa shape index (κ3) is 2.38. The van der Waals surface area contributed by atoms with Crippen molar-refractivity contribution < 1.29 is 0 Å². The molecule has 0 amide bonds. The number of hydrogen-bond donors (Lipinski definition) is 1. The van der Waals surface area contributed by atoms with Crippen LogP contribution in [0.5, 0.6) is 0 Å². The van der Waals surface area contributed by atoms with Crippen molar-refractivity contribution in [1.82, 2.24) is 0 Å². The van der Waals surface area contributed by atoms with Gasteiger partial charge in [-0.3, -0.25) is 0 Å². The predicted octanol–water partition coefficient (Wildman–Crippen LogP) is 2.94. The third-order valence-electron chi connectivity index (χ3n) is 3.65. The van der Waals surface area contributed by atoms with Gasteiger partial charge in [-0.1, -0.05) is 25.5 Å². The zero-order chi connectivity index (χ0) is 11.5. The zero-order valence-corrected chi connectivity index (χ0v) is 10.3. The van der Waals surface area contributed by atoms with Crippen LogP contribution in [0.1, 0.15) is 38.3 Å². The van der Waals surface area contributed by atoms with Crippen molar-refractivity contribution in [1.29, 1.82) is 0 Å². The molecule has 0 aromatic heterocycles. The molecule has 1 aliphatic heterocycles. The molecule has 2 N–H and O–H groups in total. The van der Waals surface area contributed by atoms with Crippen molar-refractivity contribution in [2.45, 2.75) is 32.7 Å². The molecule has 88 valence electrons. The van der Waals surface area contributed by atoms with E-state index >= 15 is 0 Å². The average molecular weight is 218 g/mol. The average Bonchev–Trinajstić information content (AvgIpc) is 2.77. The Morgan fingerprint density at radius 3 is 2.56 bits per heavy atom. The maximum absolute atomic E-state index is 5.85.